The zero-order valence-electron chi connectivity index (χ0n) is 15.5. The Morgan fingerprint density at radius 3 is 2.93 bits per heavy atom. The van der Waals surface area contributed by atoms with E-state index in [1.165, 1.54) is 0 Å². The van der Waals surface area contributed by atoms with E-state index in [9.17, 15) is 5.11 Å². The van der Waals surface area contributed by atoms with E-state index >= 15 is 0 Å². The monoisotopic (exact) mass is 374 g/mol. The van der Waals surface area contributed by atoms with Crippen LogP contribution in [0.1, 0.15) is 25.7 Å². The molecule has 1 fully saturated rings. The number of anilines is 1. The molecule has 28 heavy (non-hydrogen) atoms. The molecule has 5 rings (SSSR count). The summed E-state index contributed by atoms with van der Waals surface area (Å²) in [5, 5.41) is 13.5. The van der Waals surface area contributed by atoms with Crippen LogP contribution in [0.4, 0.5) is 5.69 Å². The zero-order valence-corrected chi connectivity index (χ0v) is 15.5. The maximum absolute atomic E-state index is 9.93. The highest BCUT2D eigenvalue weighted by atomic mass is 16.3. The molecule has 0 aromatic carbocycles. The summed E-state index contributed by atoms with van der Waals surface area (Å²) in [6.07, 6.45) is 12.8. The van der Waals surface area contributed by atoms with Gasteiger partial charge in [-0.3, -0.25) is 9.38 Å². The van der Waals surface area contributed by atoms with E-state index in [2.05, 4.69) is 31.9 Å². The molecular formula is C22H22N4O2. The fourth-order valence-corrected chi connectivity index (χ4v) is 3.97. The molecule has 0 spiro atoms. The first-order chi connectivity index (χ1) is 13.8. The van der Waals surface area contributed by atoms with Gasteiger partial charge in [-0.1, -0.05) is 0 Å². The van der Waals surface area contributed by atoms with E-state index in [4.69, 9.17) is 4.42 Å². The molecule has 6 heteroatoms. The van der Waals surface area contributed by atoms with Gasteiger partial charge in [-0.25, -0.2) is 4.98 Å². The van der Waals surface area contributed by atoms with Crippen molar-refractivity contribution < 1.29 is 9.52 Å². The average Bonchev–Trinajstić information content (AvgIpc) is 3.38. The van der Waals surface area contributed by atoms with Crippen molar-refractivity contribution in [3.8, 4) is 22.5 Å². The topological polar surface area (TPSA) is 75.6 Å². The second kappa shape index (κ2) is 7.13. The lowest BCUT2D eigenvalue weighted by Gasteiger charge is -2.27. The standard InChI is InChI=1S/C22H22N4O2/c27-19-3-1-2-17(11-19)25-18-4-5-22-24-12-21(26(22)13-18)15-6-8-23-20(10-15)16-7-9-28-14-16/h4-10,12-14,17,19,25,27H,1-3,11H2/t17-,19-/m1/s1. The molecule has 4 aromatic rings. The van der Waals surface area contributed by atoms with E-state index in [1.807, 2.05) is 36.7 Å². The van der Waals surface area contributed by atoms with Crippen LogP contribution in [-0.2, 0) is 0 Å². The molecule has 0 bridgehead atoms. The van der Waals surface area contributed by atoms with Crippen molar-refractivity contribution >= 4 is 11.3 Å². The van der Waals surface area contributed by atoms with Gasteiger partial charge in [-0.2, -0.15) is 0 Å². The molecule has 0 unspecified atom stereocenters. The lowest BCUT2D eigenvalue weighted by atomic mass is 9.93. The van der Waals surface area contributed by atoms with Gasteiger partial charge in [-0.05, 0) is 56.0 Å². The Labute approximate surface area is 162 Å². The van der Waals surface area contributed by atoms with E-state index in [1.54, 1.807) is 12.5 Å². The Bertz CT molecular complexity index is 1090. The number of aliphatic hydroxyl groups is 1. The molecule has 1 saturated carbocycles. The average molecular weight is 374 g/mol. The Morgan fingerprint density at radius 2 is 2.07 bits per heavy atom. The van der Waals surface area contributed by atoms with Gasteiger partial charge in [0.25, 0.3) is 0 Å². The van der Waals surface area contributed by atoms with Crippen LogP contribution >= 0.6 is 0 Å². The number of rotatable bonds is 4. The van der Waals surface area contributed by atoms with Gasteiger partial charge in [0.2, 0.25) is 0 Å². The first-order valence-electron chi connectivity index (χ1n) is 9.67. The smallest absolute Gasteiger partial charge is 0.137 e. The highest BCUT2D eigenvalue weighted by molar-refractivity contribution is 5.70. The summed E-state index contributed by atoms with van der Waals surface area (Å²) >= 11 is 0. The number of hydrogen-bond acceptors (Lipinski definition) is 5. The third-order valence-corrected chi connectivity index (χ3v) is 5.40. The summed E-state index contributed by atoms with van der Waals surface area (Å²) in [4.78, 5) is 8.99. The summed E-state index contributed by atoms with van der Waals surface area (Å²) in [6, 6.07) is 10.3. The van der Waals surface area contributed by atoms with Crippen LogP contribution in [0.15, 0.2) is 65.9 Å². The van der Waals surface area contributed by atoms with E-state index in [0.717, 1.165) is 59.5 Å². The molecule has 0 radical (unpaired) electrons. The summed E-state index contributed by atoms with van der Waals surface area (Å²) in [7, 11) is 0. The minimum atomic E-state index is -0.197. The number of aliphatic hydroxyl groups excluding tert-OH is 1. The molecular weight excluding hydrogens is 352 g/mol. The number of imidazole rings is 1. The first kappa shape index (κ1) is 17.0. The number of furan rings is 1. The lowest BCUT2D eigenvalue weighted by molar-refractivity contribution is 0.124. The Morgan fingerprint density at radius 1 is 1.11 bits per heavy atom. The molecule has 1 aliphatic carbocycles. The van der Waals surface area contributed by atoms with E-state index < -0.39 is 0 Å². The molecule has 4 aromatic heterocycles. The molecule has 6 nitrogen and oxygen atoms in total. The summed E-state index contributed by atoms with van der Waals surface area (Å²) in [5.41, 5.74) is 5.81. The predicted molar refractivity (Wildman–Crippen MR) is 108 cm³/mol. The van der Waals surface area contributed by atoms with E-state index in [-0.39, 0.29) is 6.10 Å². The van der Waals surface area contributed by atoms with E-state index in [0.29, 0.717) is 6.04 Å². The second-order valence-electron chi connectivity index (χ2n) is 7.39. The molecule has 0 amide bonds. The van der Waals surface area contributed by atoms with Gasteiger partial charge in [0.1, 0.15) is 5.65 Å². The van der Waals surface area contributed by atoms with Crippen LogP contribution in [-0.4, -0.2) is 31.6 Å². The molecule has 1 aliphatic rings. The van der Waals surface area contributed by atoms with Crippen LogP contribution in [0.25, 0.3) is 28.2 Å². The summed E-state index contributed by atoms with van der Waals surface area (Å²) < 4.78 is 7.27. The summed E-state index contributed by atoms with van der Waals surface area (Å²) in [6.45, 7) is 0. The van der Waals surface area contributed by atoms with Gasteiger partial charge in [-0.15, -0.1) is 0 Å². The van der Waals surface area contributed by atoms with Gasteiger partial charge < -0.3 is 14.8 Å². The van der Waals surface area contributed by atoms with Gasteiger partial charge in [0, 0.05) is 29.6 Å². The lowest BCUT2D eigenvalue weighted by Crippen LogP contribution is -2.29. The molecule has 0 aliphatic heterocycles. The number of hydrogen-bond donors (Lipinski definition) is 2. The maximum Gasteiger partial charge on any atom is 0.137 e. The first-order valence-corrected chi connectivity index (χ1v) is 9.67. The van der Waals surface area contributed by atoms with Gasteiger partial charge in [0.05, 0.1) is 41.9 Å². The predicted octanol–water partition coefficient (Wildman–Crippen LogP) is 4.37. The zero-order chi connectivity index (χ0) is 18.9. The quantitative estimate of drug-likeness (QED) is 0.555. The molecule has 2 atom stereocenters. The Hall–Kier alpha value is -3.12. The largest absolute Gasteiger partial charge is 0.472 e. The molecule has 0 saturated heterocycles. The summed E-state index contributed by atoms with van der Waals surface area (Å²) in [5.74, 6) is 0. The highest BCUT2D eigenvalue weighted by Crippen LogP contribution is 2.27. The Kier molecular flexibility index (Phi) is 4.33. The highest BCUT2D eigenvalue weighted by Gasteiger charge is 2.20. The van der Waals surface area contributed by atoms with Crippen LogP contribution in [0.3, 0.4) is 0 Å². The van der Waals surface area contributed by atoms with Crippen molar-refractivity contribution in [2.75, 3.05) is 5.32 Å². The van der Waals surface area contributed by atoms with Crippen molar-refractivity contribution in [3.63, 3.8) is 0 Å². The normalized spacial score (nSPS) is 19.8. The number of aromatic nitrogens is 3. The van der Waals surface area contributed by atoms with Crippen LogP contribution in [0.2, 0.25) is 0 Å². The Balaban J connectivity index is 1.48. The number of nitrogens with zero attached hydrogens (tertiary/aromatic N) is 3. The minimum Gasteiger partial charge on any atom is -0.472 e. The third kappa shape index (κ3) is 3.27. The van der Waals surface area contributed by atoms with Gasteiger partial charge in [0.15, 0.2) is 0 Å². The van der Waals surface area contributed by atoms with Crippen LogP contribution < -0.4 is 5.32 Å². The number of pyridine rings is 2. The van der Waals surface area contributed by atoms with Crippen molar-refractivity contribution in [1.82, 2.24) is 14.4 Å². The fourth-order valence-electron chi connectivity index (χ4n) is 3.97. The maximum atomic E-state index is 9.93. The van der Waals surface area contributed by atoms with Crippen LogP contribution in [0.5, 0.6) is 0 Å². The molecule has 142 valence electrons. The van der Waals surface area contributed by atoms with Crippen molar-refractivity contribution in [1.29, 1.82) is 0 Å². The SMILES string of the molecule is O[C@@H]1CCC[C@@H](Nc2ccc3ncc(-c4ccnc(-c5ccoc5)c4)n3c2)C1. The molecule has 4 heterocycles. The minimum absolute atomic E-state index is 0.197. The second-order valence-corrected chi connectivity index (χ2v) is 7.39. The fraction of sp³-hybridized carbons (Fsp3) is 0.273. The van der Waals surface area contributed by atoms with Crippen LogP contribution in [0, 0.1) is 0 Å². The number of nitrogens with one attached hydrogen (secondary N) is 1. The van der Waals surface area contributed by atoms with Crippen molar-refractivity contribution in [2.45, 2.75) is 37.8 Å². The molecule has 2 N–H and O–H groups in total. The number of fused-ring (bicyclic) bond motifs is 1. The van der Waals surface area contributed by atoms with Crippen molar-refractivity contribution in [2.24, 2.45) is 0 Å². The van der Waals surface area contributed by atoms with Crippen molar-refractivity contribution in [3.05, 3.63) is 61.4 Å². The third-order valence-electron chi connectivity index (χ3n) is 5.40. The van der Waals surface area contributed by atoms with Gasteiger partial charge >= 0.3 is 0 Å².